The Morgan fingerprint density at radius 3 is 2.88 bits per heavy atom. The van der Waals surface area contributed by atoms with Gasteiger partial charge in [0.25, 0.3) is 0 Å². The van der Waals surface area contributed by atoms with Gasteiger partial charge in [-0.3, -0.25) is 0 Å². The molecular weight excluding hydrogens is 462 g/mol. The number of carbonyl (C=O) groups is 1. The maximum Gasteiger partial charge on any atom is 0.323 e. The lowest BCUT2D eigenvalue weighted by molar-refractivity contribution is 0.172. The van der Waals surface area contributed by atoms with Crippen LogP contribution in [0.2, 0.25) is 5.02 Å². The number of thiazole rings is 1. The number of fused-ring (bicyclic) bond motifs is 1. The standard InChI is InChI=1S/C22H24ClN7O2S/c1-12-9-25-30(29-12)17-5-4-14(8-15(17)23)27-21(31)28-16-10-24-20-19(26-13(2)33-20)18(16)22(6-7-22)11-32-3/h4-5,8-10,12,29H,6-7,11H2,1-3H3,(H2,27,28,31)/t12-/m1/s1. The Kier molecular flexibility index (Phi) is 5.69. The minimum Gasteiger partial charge on any atom is -0.384 e. The van der Waals surface area contributed by atoms with Crippen molar-refractivity contribution < 1.29 is 9.53 Å². The number of aromatic nitrogens is 2. The Balaban J connectivity index is 1.38. The number of urea groups is 1. The third kappa shape index (κ3) is 4.26. The zero-order chi connectivity index (χ0) is 23.2. The van der Waals surface area contributed by atoms with E-state index in [4.69, 9.17) is 21.3 Å². The molecule has 3 aromatic rings. The van der Waals surface area contributed by atoms with Crippen LogP contribution in [0.3, 0.4) is 0 Å². The molecule has 3 heterocycles. The summed E-state index contributed by atoms with van der Waals surface area (Å²) in [5, 5.41) is 13.1. The van der Waals surface area contributed by atoms with E-state index in [1.54, 1.807) is 54.2 Å². The van der Waals surface area contributed by atoms with Crippen LogP contribution in [-0.2, 0) is 10.2 Å². The van der Waals surface area contributed by atoms with Gasteiger partial charge in [-0.2, -0.15) is 10.2 Å². The number of hydrazone groups is 1. The van der Waals surface area contributed by atoms with Crippen LogP contribution in [0.5, 0.6) is 0 Å². The highest BCUT2D eigenvalue weighted by Gasteiger charge is 2.48. The number of halogens is 1. The van der Waals surface area contributed by atoms with Gasteiger partial charge in [0.2, 0.25) is 0 Å². The number of benzene rings is 1. The lowest BCUT2D eigenvalue weighted by atomic mass is 9.95. The number of hydrogen-bond acceptors (Lipinski definition) is 8. The molecule has 33 heavy (non-hydrogen) atoms. The third-order valence-electron chi connectivity index (χ3n) is 5.75. The van der Waals surface area contributed by atoms with Gasteiger partial charge >= 0.3 is 6.03 Å². The zero-order valence-electron chi connectivity index (χ0n) is 18.5. The summed E-state index contributed by atoms with van der Waals surface area (Å²) in [4.78, 5) is 23.0. The van der Waals surface area contributed by atoms with E-state index in [0.29, 0.717) is 28.7 Å². The Morgan fingerprint density at radius 2 is 2.21 bits per heavy atom. The maximum absolute atomic E-state index is 12.9. The number of anilines is 3. The fourth-order valence-corrected chi connectivity index (χ4v) is 5.13. The normalized spacial score (nSPS) is 18.7. The fourth-order valence-electron chi connectivity index (χ4n) is 4.11. The van der Waals surface area contributed by atoms with Gasteiger partial charge in [0.15, 0.2) is 0 Å². The van der Waals surface area contributed by atoms with E-state index in [1.165, 1.54) is 0 Å². The molecule has 1 aliphatic heterocycles. The summed E-state index contributed by atoms with van der Waals surface area (Å²) in [6, 6.07) is 5.01. The highest BCUT2D eigenvalue weighted by Crippen LogP contribution is 2.53. The van der Waals surface area contributed by atoms with Gasteiger partial charge < -0.3 is 15.4 Å². The van der Waals surface area contributed by atoms with Crippen molar-refractivity contribution in [2.45, 2.75) is 38.1 Å². The first kappa shape index (κ1) is 22.0. The molecule has 2 amide bonds. The first-order chi connectivity index (χ1) is 15.9. The van der Waals surface area contributed by atoms with E-state index in [0.717, 1.165) is 33.8 Å². The second-order valence-corrected chi connectivity index (χ2v) is 9.98. The number of ether oxygens (including phenoxy) is 1. The molecule has 1 atom stereocenters. The number of aryl methyl sites for hydroxylation is 1. The molecule has 2 aliphatic rings. The van der Waals surface area contributed by atoms with Crippen LogP contribution in [0.15, 0.2) is 29.5 Å². The van der Waals surface area contributed by atoms with Gasteiger partial charge in [0.1, 0.15) is 10.3 Å². The Morgan fingerprint density at radius 1 is 1.39 bits per heavy atom. The van der Waals surface area contributed by atoms with Crippen LogP contribution in [0.25, 0.3) is 10.3 Å². The summed E-state index contributed by atoms with van der Waals surface area (Å²) in [6.45, 7) is 4.52. The molecule has 1 aromatic carbocycles. The molecule has 0 bridgehead atoms. The molecule has 3 N–H and O–H groups in total. The van der Waals surface area contributed by atoms with Crippen molar-refractivity contribution in [2.24, 2.45) is 5.10 Å². The monoisotopic (exact) mass is 485 g/mol. The van der Waals surface area contributed by atoms with Crippen molar-refractivity contribution in [3.63, 3.8) is 0 Å². The highest BCUT2D eigenvalue weighted by molar-refractivity contribution is 7.18. The van der Waals surface area contributed by atoms with E-state index in [1.807, 2.05) is 13.8 Å². The average molecular weight is 486 g/mol. The molecule has 172 valence electrons. The molecule has 0 saturated heterocycles. The van der Waals surface area contributed by atoms with Crippen LogP contribution in [0.4, 0.5) is 21.9 Å². The summed E-state index contributed by atoms with van der Waals surface area (Å²) in [5.41, 5.74) is 6.76. The number of nitrogens with zero attached hydrogens (tertiary/aromatic N) is 4. The molecule has 0 spiro atoms. The van der Waals surface area contributed by atoms with Crippen LogP contribution in [-0.4, -0.2) is 42.0 Å². The van der Waals surface area contributed by atoms with Crippen LogP contribution < -0.4 is 21.2 Å². The van der Waals surface area contributed by atoms with E-state index >= 15 is 0 Å². The van der Waals surface area contributed by atoms with E-state index in [-0.39, 0.29) is 17.5 Å². The van der Waals surface area contributed by atoms with Gasteiger partial charge in [0.05, 0.1) is 40.3 Å². The molecule has 0 unspecified atom stereocenters. The van der Waals surface area contributed by atoms with Gasteiger partial charge in [-0.1, -0.05) is 22.9 Å². The first-order valence-electron chi connectivity index (χ1n) is 10.6. The number of amides is 2. The molecule has 1 fully saturated rings. The van der Waals surface area contributed by atoms with Crippen molar-refractivity contribution in [2.75, 3.05) is 29.5 Å². The topological polar surface area (TPSA) is 104 Å². The number of pyridine rings is 1. The van der Waals surface area contributed by atoms with Crippen molar-refractivity contribution in [1.82, 2.24) is 15.4 Å². The zero-order valence-corrected chi connectivity index (χ0v) is 20.0. The van der Waals surface area contributed by atoms with Crippen molar-refractivity contribution >= 4 is 62.6 Å². The number of hydrogen-bond donors (Lipinski definition) is 3. The SMILES string of the molecule is COCC1(c2c(NC(=O)Nc3ccc(N4N=C[C@@H](C)N4)c(Cl)c3)cnc3sc(C)nc23)CC1. The Labute approximate surface area is 200 Å². The highest BCUT2D eigenvalue weighted by atomic mass is 35.5. The molecule has 9 nitrogen and oxygen atoms in total. The minimum atomic E-state index is -0.382. The second kappa shape index (κ2) is 8.53. The lowest BCUT2D eigenvalue weighted by Gasteiger charge is -2.20. The summed E-state index contributed by atoms with van der Waals surface area (Å²) in [7, 11) is 1.70. The smallest absolute Gasteiger partial charge is 0.323 e. The van der Waals surface area contributed by atoms with Crippen molar-refractivity contribution in [1.29, 1.82) is 0 Å². The number of rotatable bonds is 6. The summed E-state index contributed by atoms with van der Waals surface area (Å²) >= 11 is 7.99. The van der Waals surface area contributed by atoms with E-state index in [9.17, 15) is 4.79 Å². The first-order valence-corrected chi connectivity index (χ1v) is 11.8. The van der Waals surface area contributed by atoms with Crippen LogP contribution in [0, 0.1) is 6.92 Å². The molecule has 1 saturated carbocycles. The van der Waals surface area contributed by atoms with Gasteiger partial charge in [0, 0.05) is 30.0 Å². The molecule has 1 aliphatic carbocycles. The van der Waals surface area contributed by atoms with Gasteiger partial charge in [-0.05, 0) is 44.9 Å². The van der Waals surface area contributed by atoms with E-state index < -0.39 is 0 Å². The van der Waals surface area contributed by atoms with Crippen LogP contribution in [0.1, 0.15) is 30.3 Å². The van der Waals surface area contributed by atoms with Gasteiger partial charge in [-0.25, -0.2) is 20.2 Å². The fraction of sp³-hybridized carbons (Fsp3) is 0.364. The van der Waals surface area contributed by atoms with Gasteiger partial charge in [-0.15, -0.1) is 0 Å². The number of carbonyl (C=O) groups excluding carboxylic acids is 1. The lowest BCUT2D eigenvalue weighted by Crippen LogP contribution is -2.34. The van der Waals surface area contributed by atoms with Crippen LogP contribution >= 0.6 is 22.9 Å². The average Bonchev–Trinajstić information content (AvgIpc) is 3.23. The Bertz CT molecular complexity index is 1260. The molecule has 5 rings (SSSR count). The predicted octanol–water partition coefficient (Wildman–Crippen LogP) is 4.67. The Hall–Kier alpha value is -2.79. The maximum atomic E-state index is 12.9. The summed E-state index contributed by atoms with van der Waals surface area (Å²) < 4.78 is 5.50. The van der Waals surface area contributed by atoms with E-state index in [2.05, 4.69) is 26.1 Å². The molecule has 0 radical (unpaired) electrons. The quantitative estimate of drug-likeness (QED) is 0.468. The molecule has 2 aromatic heterocycles. The van der Waals surface area contributed by atoms with Crippen molar-refractivity contribution in [3.8, 4) is 0 Å². The summed E-state index contributed by atoms with van der Waals surface area (Å²) in [6.07, 6.45) is 5.46. The number of hydrazine groups is 1. The second-order valence-electron chi connectivity index (χ2n) is 8.39. The van der Waals surface area contributed by atoms with Crippen molar-refractivity contribution in [3.05, 3.63) is 40.0 Å². The number of nitrogens with one attached hydrogen (secondary N) is 3. The number of methoxy groups -OCH3 is 1. The summed E-state index contributed by atoms with van der Waals surface area (Å²) in [5.74, 6) is 0. The molecule has 11 heteroatoms. The third-order valence-corrected chi connectivity index (χ3v) is 6.93. The predicted molar refractivity (Wildman–Crippen MR) is 133 cm³/mol. The molecular formula is C22H24ClN7O2S. The largest absolute Gasteiger partial charge is 0.384 e. The minimum absolute atomic E-state index is 0.124.